The number of rotatable bonds is 8. The van der Waals surface area contributed by atoms with E-state index >= 15 is 0 Å². The Morgan fingerprint density at radius 2 is 1.72 bits per heavy atom. The number of aliphatic hydroxyl groups excluding tert-OH is 1. The average Bonchev–Trinajstić information content (AvgIpc) is 2.88. The van der Waals surface area contributed by atoms with Crippen LogP contribution in [0.2, 0.25) is 0 Å². The number of hydrogen-bond acceptors (Lipinski definition) is 6. The van der Waals surface area contributed by atoms with Gasteiger partial charge < -0.3 is 20.0 Å². The fraction of sp³-hybridized carbons (Fsp3) is 0.179. The maximum atomic E-state index is 13.5. The summed E-state index contributed by atoms with van der Waals surface area (Å²) in [5.41, 5.74) is 3.37. The van der Waals surface area contributed by atoms with Crippen molar-refractivity contribution in [2.75, 3.05) is 25.5 Å². The molecule has 0 aliphatic carbocycles. The van der Waals surface area contributed by atoms with Crippen molar-refractivity contribution < 1.29 is 15.0 Å². The Hall–Kier alpha value is -3.50. The van der Waals surface area contributed by atoms with Crippen molar-refractivity contribution in [3.63, 3.8) is 0 Å². The molecule has 1 aromatic heterocycles. The van der Waals surface area contributed by atoms with Gasteiger partial charge in [0.05, 0.1) is 23.9 Å². The molecule has 2 N–H and O–H groups in total. The summed E-state index contributed by atoms with van der Waals surface area (Å²) in [7, 11) is 3.55. The molecule has 4 aromatic rings. The summed E-state index contributed by atoms with van der Waals surface area (Å²) < 4.78 is 0.960. The van der Waals surface area contributed by atoms with Crippen LogP contribution >= 0.6 is 22.6 Å². The third kappa shape index (κ3) is 6.00. The first-order chi connectivity index (χ1) is 17.3. The Labute approximate surface area is 224 Å². The lowest BCUT2D eigenvalue weighted by Crippen LogP contribution is -2.32. The maximum Gasteiger partial charge on any atom is 0.257 e. The van der Waals surface area contributed by atoms with Crippen LogP contribution in [0.5, 0.6) is 5.75 Å². The van der Waals surface area contributed by atoms with Gasteiger partial charge in [0.2, 0.25) is 5.95 Å². The second kappa shape index (κ2) is 11.5. The molecular weight excluding hydrogens is 567 g/mol. The maximum absolute atomic E-state index is 13.5. The van der Waals surface area contributed by atoms with Crippen LogP contribution in [0, 0.1) is 3.57 Å². The molecule has 1 atom stereocenters. The lowest BCUT2D eigenvalue weighted by Gasteiger charge is -2.23. The summed E-state index contributed by atoms with van der Waals surface area (Å²) in [6.45, 7) is 0.665. The molecule has 184 valence electrons. The van der Waals surface area contributed by atoms with Crippen LogP contribution in [0.15, 0.2) is 85.1 Å². The summed E-state index contributed by atoms with van der Waals surface area (Å²) in [4.78, 5) is 26.2. The number of carbonyl (C=O) groups is 1. The Morgan fingerprint density at radius 3 is 2.44 bits per heavy atom. The molecule has 0 spiro atoms. The summed E-state index contributed by atoms with van der Waals surface area (Å²) >= 11 is 2.24. The highest BCUT2D eigenvalue weighted by Gasteiger charge is 2.23. The summed E-state index contributed by atoms with van der Waals surface area (Å²) in [6, 6.07) is 24.2. The molecule has 1 unspecified atom stereocenters. The minimum Gasteiger partial charge on any atom is -0.508 e. The van der Waals surface area contributed by atoms with E-state index in [0.717, 1.165) is 14.7 Å². The monoisotopic (exact) mass is 594 g/mol. The Morgan fingerprint density at radius 1 is 1.00 bits per heavy atom. The Balaban J connectivity index is 1.65. The first-order valence-corrected chi connectivity index (χ1v) is 12.5. The number of anilines is 1. The molecule has 0 saturated carbocycles. The van der Waals surface area contributed by atoms with Crippen molar-refractivity contribution in [1.29, 1.82) is 0 Å². The molecular formula is C28H27IN4O3. The highest BCUT2D eigenvalue weighted by molar-refractivity contribution is 14.1. The number of phenols is 1. The summed E-state index contributed by atoms with van der Waals surface area (Å²) in [5, 5.41) is 20.4. The summed E-state index contributed by atoms with van der Waals surface area (Å²) in [6.07, 6.45) is 0.602. The number of aromatic hydroxyl groups is 1. The van der Waals surface area contributed by atoms with E-state index in [1.807, 2.05) is 66.5 Å². The van der Waals surface area contributed by atoms with Gasteiger partial charge in [-0.1, -0.05) is 60.7 Å². The number of benzene rings is 3. The van der Waals surface area contributed by atoms with Crippen LogP contribution < -0.4 is 4.90 Å². The number of nitrogens with zero attached hydrogens (tertiary/aromatic N) is 4. The van der Waals surface area contributed by atoms with E-state index in [2.05, 4.69) is 27.6 Å². The number of aliphatic hydroxyl groups is 1. The number of carbonyl (C=O) groups excluding carboxylic acids is 1. The molecule has 4 rings (SSSR count). The lowest BCUT2D eigenvalue weighted by atomic mass is 10.1. The highest BCUT2D eigenvalue weighted by atomic mass is 127. The van der Waals surface area contributed by atoms with Gasteiger partial charge in [-0.3, -0.25) is 4.79 Å². The number of halogens is 1. The summed E-state index contributed by atoms with van der Waals surface area (Å²) in [5.74, 6) is 0.263. The van der Waals surface area contributed by atoms with Gasteiger partial charge in [0.25, 0.3) is 5.91 Å². The molecule has 0 fully saturated rings. The molecule has 0 radical (unpaired) electrons. The molecule has 3 aromatic carbocycles. The van der Waals surface area contributed by atoms with Crippen molar-refractivity contribution in [3.8, 4) is 17.0 Å². The van der Waals surface area contributed by atoms with Crippen LogP contribution in [0.25, 0.3) is 11.3 Å². The second-order valence-corrected chi connectivity index (χ2v) is 9.71. The molecule has 1 heterocycles. The number of aromatic nitrogens is 2. The van der Waals surface area contributed by atoms with Gasteiger partial charge in [0.15, 0.2) is 0 Å². The zero-order chi connectivity index (χ0) is 25.7. The van der Waals surface area contributed by atoms with Gasteiger partial charge >= 0.3 is 0 Å². The molecule has 0 aliphatic heterocycles. The van der Waals surface area contributed by atoms with Crippen molar-refractivity contribution >= 4 is 34.4 Å². The largest absolute Gasteiger partial charge is 0.508 e. The van der Waals surface area contributed by atoms with Crippen molar-refractivity contribution in [2.45, 2.75) is 12.6 Å². The van der Waals surface area contributed by atoms with E-state index in [0.29, 0.717) is 29.3 Å². The van der Waals surface area contributed by atoms with E-state index in [1.165, 1.54) is 17.0 Å². The predicted molar refractivity (Wildman–Crippen MR) is 149 cm³/mol. The van der Waals surface area contributed by atoms with Crippen molar-refractivity contribution in [2.24, 2.45) is 0 Å². The zero-order valence-corrected chi connectivity index (χ0v) is 22.2. The SMILES string of the molecule is CN(CC(O)c1cccc(O)c1)C(=O)c1cnc(N(C)Cc2ccccc2)nc1-c1ccccc1I. The second-order valence-electron chi connectivity index (χ2n) is 8.55. The third-order valence-electron chi connectivity index (χ3n) is 5.79. The molecule has 0 bridgehead atoms. The number of phenolic OH excluding ortho intramolecular Hbond substituents is 1. The molecule has 36 heavy (non-hydrogen) atoms. The Bertz CT molecular complexity index is 1350. The van der Waals surface area contributed by atoms with E-state index < -0.39 is 6.10 Å². The average molecular weight is 594 g/mol. The smallest absolute Gasteiger partial charge is 0.257 e. The van der Waals surface area contributed by atoms with E-state index in [4.69, 9.17) is 4.98 Å². The molecule has 7 nitrogen and oxygen atoms in total. The highest BCUT2D eigenvalue weighted by Crippen LogP contribution is 2.29. The standard InChI is InChI=1S/C28H27IN4O3/c1-32(18-25(35)20-11-8-12-21(34)15-20)27(36)23-16-30-28(33(2)17-19-9-4-3-5-10-19)31-26(23)22-13-6-7-14-24(22)29/h3-16,25,34-35H,17-18H2,1-2H3. The van der Waals surface area contributed by atoms with Gasteiger partial charge in [-0.2, -0.15) is 0 Å². The normalized spacial score (nSPS) is 11.7. The molecule has 1 amide bonds. The Kier molecular flexibility index (Phi) is 8.17. The van der Waals surface area contributed by atoms with Crippen LogP contribution in [0.1, 0.15) is 27.6 Å². The fourth-order valence-corrected chi connectivity index (χ4v) is 4.53. The quantitative estimate of drug-likeness (QED) is 0.283. The van der Waals surface area contributed by atoms with E-state index in [1.54, 1.807) is 25.4 Å². The van der Waals surface area contributed by atoms with Gasteiger partial charge in [-0.25, -0.2) is 9.97 Å². The van der Waals surface area contributed by atoms with Crippen LogP contribution in [-0.4, -0.2) is 51.6 Å². The first kappa shape index (κ1) is 25.6. The minimum absolute atomic E-state index is 0.0449. The zero-order valence-electron chi connectivity index (χ0n) is 20.0. The van der Waals surface area contributed by atoms with Gasteiger partial charge in [0.1, 0.15) is 5.75 Å². The van der Waals surface area contributed by atoms with E-state index in [9.17, 15) is 15.0 Å². The first-order valence-electron chi connectivity index (χ1n) is 11.4. The fourth-order valence-electron chi connectivity index (χ4n) is 3.88. The number of likely N-dealkylation sites (N-methyl/N-ethyl adjacent to an activating group) is 1. The third-order valence-corrected chi connectivity index (χ3v) is 6.73. The van der Waals surface area contributed by atoms with E-state index in [-0.39, 0.29) is 18.2 Å². The minimum atomic E-state index is -0.955. The van der Waals surface area contributed by atoms with Gasteiger partial charge in [-0.15, -0.1) is 0 Å². The predicted octanol–water partition coefficient (Wildman–Crippen LogP) is 4.90. The van der Waals surface area contributed by atoms with Gasteiger partial charge in [-0.05, 0) is 51.9 Å². The molecule has 8 heteroatoms. The number of amides is 1. The van der Waals surface area contributed by atoms with Crippen LogP contribution in [0.3, 0.4) is 0 Å². The van der Waals surface area contributed by atoms with Gasteiger partial charge in [0, 0.05) is 36.0 Å². The van der Waals surface area contributed by atoms with Crippen LogP contribution in [0.4, 0.5) is 5.95 Å². The van der Waals surface area contributed by atoms with Crippen LogP contribution in [-0.2, 0) is 6.54 Å². The number of hydrogen-bond donors (Lipinski definition) is 2. The molecule has 0 saturated heterocycles. The lowest BCUT2D eigenvalue weighted by molar-refractivity contribution is 0.0681. The van der Waals surface area contributed by atoms with Crippen molar-refractivity contribution in [1.82, 2.24) is 14.9 Å². The molecule has 0 aliphatic rings. The van der Waals surface area contributed by atoms with Crippen molar-refractivity contribution in [3.05, 3.63) is 105 Å². The topological polar surface area (TPSA) is 89.8 Å².